The molecule has 1 aromatic rings. The lowest BCUT2D eigenvalue weighted by molar-refractivity contribution is 0.155. The Kier molecular flexibility index (Phi) is 4.86. The lowest BCUT2D eigenvalue weighted by Crippen LogP contribution is -2.51. The smallest absolute Gasteiger partial charge is 0.138 e. The van der Waals surface area contributed by atoms with E-state index in [1.165, 1.54) is 24.8 Å². The van der Waals surface area contributed by atoms with Gasteiger partial charge in [0.1, 0.15) is 5.76 Å². The average molecular weight is 279 g/mol. The normalized spacial score (nSPS) is 21.6. The Hall–Kier alpha value is -0.870. The van der Waals surface area contributed by atoms with Gasteiger partial charge in [-0.25, -0.2) is 0 Å². The van der Waals surface area contributed by atoms with Crippen LogP contribution >= 0.6 is 0 Å². The third-order valence-electron chi connectivity index (χ3n) is 5.04. The molecule has 0 saturated carbocycles. The van der Waals surface area contributed by atoms with Gasteiger partial charge in [-0.2, -0.15) is 0 Å². The van der Waals surface area contributed by atoms with Crippen molar-refractivity contribution in [3.8, 4) is 0 Å². The van der Waals surface area contributed by atoms with Crippen LogP contribution in [0.3, 0.4) is 0 Å². The van der Waals surface area contributed by atoms with Crippen molar-refractivity contribution in [1.29, 1.82) is 0 Å². The number of aromatic nitrogens is 1. The van der Waals surface area contributed by atoms with E-state index in [-0.39, 0.29) is 5.54 Å². The zero-order chi connectivity index (χ0) is 14.8. The van der Waals surface area contributed by atoms with E-state index in [0.717, 1.165) is 31.1 Å². The first-order valence-corrected chi connectivity index (χ1v) is 7.95. The molecule has 0 spiro atoms. The number of hydrogen-bond donors (Lipinski definition) is 1. The van der Waals surface area contributed by atoms with Crippen LogP contribution in [0.4, 0.5) is 0 Å². The molecule has 1 fully saturated rings. The maximum absolute atomic E-state index is 5.35. The monoisotopic (exact) mass is 279 g/mol. The van der Waals surface area contributed by atoms with E-state index < -0.39 is 0 Å². The van der Waals surface area contributed by atoms with Crippen LogP contribution in [0.1, 0.15) is 63.1 Å². The fourth-order valence-corrected chi connectivity index (χ4v) is 3.48. The summed E-state index contributed by atoms with van der Waals surface area (Å²) in [4.78, 5) is 2.60. The molecule has 1 aliphatic heterocycles. The number of nitrogens with one attached hydrogen (secondary N) is 1. The highest BCUT2D eigenvalue weighted by molar-refractivity contribution is 5.24. The van der Waals surface area contributed by atoms with Gasteiger partial charge < -0.3 is 9.84 Å². The van der Waals surface area contributed by atoms with Crippen LogP contribution in [-0.4, -0.2) is 35.2 Å². The molecule has 4 nitrogen and oxygen atoms in total. The van der Waals surface area contributed by atoms with E-state index in [4.69, 9.17) is 4.52 Å². The van der Waals surface area contributed by atoms with Crippen molar-refractivity contribution in [3.05, 3.63) is 17.0 Å². The van der Waals surface area contributed by atoms with Gasteiger partial charge in [-0.3, -0.25) is 4.90 Å². The van der Waals surface area contributed by atoms with Crippen molar-refractivity contribution in [2.45, 2.75) is 65.5 Å². The molecular weight excluding hydrogens is 250 g/mol. The van der Waals surface area contributed by atoms with Crippen molar-refractivity contribution in [2.75, 3.05) is 19.6 Å². The van der Waals surface area contributed by atoms with E-state index in [9.17, 15) is 0 Å². The predicted molar refractivity (Wildman–Crippen MR) is 81.9 cm³/mol. The number of nitrogens with zero attached hydrogens (tertiary/aromatic N) is 2. The van der Waals surface area contributed by atoms with Crippen LogP contribution in [0.5, 0.6) is 0 Å². The molecule has 0 amide bonds. The fourth-order valence-electron chi connectivity index (χ4n) is 3.48. The summed E-state index contributed by atoms with van der Waals surface area (Å²) in [5.41, 5.74) is 2.56. The molecule has 4 heteroatoms. The Morgan fingerprint density at radius 1 is 1.35 bits per heavy atom. The lowest BCUT2D eigenvalue weighted by Gasteiger charge is -2.38. The van der Waals surface area contributed by atoms with Crippen LogP contribution in [0.2, 0.25) is 0 Å². The van der Waals surface area contributed by atoms with Gasteiger partial charge in [0.15, 0.2) is 0 Å². The van der Waals surface area contributed by atoms with Crippen LogP contribution in [-0.2, 0) is 0 Å². The average Bonchev–Trinajstić information content (AvgIpc) is 2.68. The summed E-state index contributed by atoms with van der Waals surface area (Å²) in [6.07, 6.45) is 3.55. The van der Waals surface area contributed by atoms with Crippen molar-refractivity contribution >= 4 is 0 Å². The molecule has 2 rings (SSSR count). The second-order valence-electron chi connectivity index (χ2n) is 6.15. The Morgan fingerprint density at radius 2 is 2.05 bits per heavy atom. The Labute approximate surface area is 122 Å². The van der Waals surface area contributed by atoms with Crippen molar-refractivity contribution in [1.82, 2.24) is 15.4 Å². The highest BCUT2D eigenvalue weighted by atomic mass is 16.5. The Morgan fingerprint density at radius 3 is 2.60 bits per heavy atom. The summed E-state index contributed by atoms with van der Waals surface area (Å²) >= 11 is 0. The molecule has 1 atom stereocenters. The van der Waals surface area contributed by atoms with Gasteiger partial charge in [0.25, 0.3) is 0 Å². The van der Waals surface area contributed by atoms with E-state index in [1.54, 1.807) is 0 Å². The Bertz CT molecular complexity index is 417. The van der Waals surface area contributed by atoms with Gasteiger partial charge in [-0.05, 0) is 46.6 Å². The molecule has 0 bridgehead atoms. The molecule has 1 saturated heterocycles. The van der Waals surface area contributed by atoms with E-state index in [0.29, 0.717) is 6.04 Å². The maximum Gasteiger partial charge on any atom is 0.138 e. The summed E-state index contributed by atoms with van der Waals surface area (Å²) in [7, 11) is 0. The highest BCUT2D eigenvalue weighted by Gasteiger charge is 2.33. The highest BCUT2D eigenvalue weighted by Crippen LogP contribution is 2.30. The molecule has 1 aliphatic rings. The molecule has 0 aliphatic carbocycles. The van der Waals surface area contributed by atoms with Crippen LogP contribution in [0, 0.1) is 13.8 Å². The zero-order valence-electron chi connectivity index (χ0n) is 13.6. The lowest BCUT2D eigenvalue weighted by atomic mass is 9.91. The SMILES string of the molecule is CCC1(CC)CN(C(C)c2c(C)noc2C)CCCN1. The largest absolute Gasteiger partial charge is 0.361 e. The first kappa shape index (κ1) is 15.5. The molecule has 0 radical (unpaired) electrons. The molecule has 1 unspecified atom stereocenters. The van der Waals surface area contributed by atoms with Crippen LogP contribution in [0.25, 0.3) is 0 Å². The predicted octanol–water partition coefficient (Wildman–Crippen LogP) is 3.21. The van der Waals surface area contributed by atoms with E-state index >= 15 is 0 Å². The fraction of sp³-hybridized carbons (Fsp3) is 0.812. The van der Waals surface area contributed by atoms with E-state index in [1.807, 2.05) is 13.8 Å². The molecule has 0 aromatic carbocycles. The molecular formula is C16H29N3O. The standard InChI is InChI=1S/C16H29N3O/c1-6-16(7-2)11-19(10-8-9-17-16)13(4)15-12(3)18-20-14(15)5/h13,17H,6-11H2,1-5H3. The minimum atomic E-state index is 0.254. The van der Waals surface area contributed by atoms with Gasteiger partial charge in [-0.15, -0.1) is 0 Å². The second-order valence-corrected chi connectivity index (χ2v) is 6.15. The van der Waals surface area contributed by atoms with Crippen LogP contribution < -0.4 is 5.32 Å². The van der Waals surface area contributed by atoms with Gasteiger partial charge in [-0.1, -0.05) is 19.0 Å². The topological polar surface area (TPSA) is 41.3 Å². The third-order valence-corrected chi connectivity index (χ3v) is 5.04. The van der Waals surface area contributed by atoms with Gasteiger partial charge >= 0.3 is 0 Å². The van der Waals surface area contributed by atoms with Crippen molar-refractivity contribution in [3.63, 3.8) is 0 Å². The molecule has 20 heavy (non-hydrogen) atoms. The van der Waals surface area contributed by atoms with Gasteiger partial charge in [0.2, 0.25) is 0 Å². The number of aryl methyl sites for hydroxylation is 2. The Balaban J connectivity index is 2.22. The molecule has 2 heterocycles. The molecule has 1 N–H and O–H groups in total. The molecule has 114 valence electrons. The van der Waals surface area contributed by atoms with Gasteiger partial charge in [0.05, 0.1) is 5.69 Å². The van der Waals surface area contributed by atoms with Crippen LogP contribution in [0.15, 0.2) is 4.52 Å². The summed E-state index contributed by atoms with van der Waals surface area (Å²) in [6, 6.07) is 0.374. The minimum Gasteiger partial charge on any atom is -0.361 e. The summed E-state index contributed by atoms with van der Waals surface area (Å²) in [6.45, 7) is 14.3. The minimum absolute atomic E-state index is 0.254. The summed E-state index contributed by atoms with van der Waals surface area (Å²) in [5, 5.41) is 7.89. The quantitative estimate of drug-likeness (QED) is 0.919. The van der Waals surface area contributed by atoms with Gasteiger partial charge in [0, 0.05) is 30.2 Å². The zero-order valence-corrected chi connectivity index (χ0v) is 13.6. The summed E-state index contributed by atoms with van der Waals surface area (Å²) < 4.78 is 5.35. The van der Waals surface area contributed by atoms with Crippen molar-refractivity contribution in [2.24, 2.45) is 0 Å². The first-order valence-electron chi connectivity index (χ1n) is 7.95. The van der Waals surface area contributed by atoms with Crippen molar-refractivity contribution < 1.29 is 4.52 Å². The maximum atomic E-state index is 5.35. The number of rotatable bonds is 4. The second kappa shape index (κ2) is 6.27. The summed E-state index contributed by atoms with van der Waals surface area (Å²) in [5.74, 6) is 0.964. The molecule has 1 aromatic heterocycles. The number of hydrogen-bond acceptors (Lipinski definition) is 4. The van der Waals surface area contributed by atoms with E-state index in [2.05, 4.69) is 36.1 Å². The third kappa shape index (κ3) is 2.91. The first-order chi connectivity index (χ1) is 9.53.